The SMILES string of the molecule is C=C(C)COCCN[C@@H]1[C@H]2CCO[C@H]2C12CCCC2. The van der Waals surface area contributed by atoms with Gasteiger partial charge < -0.3 is 14.8 Å². The molecule has 2 saturated carbocycles. The Morgan fingerprint density at radius 3 is 2.95 bits per heavy atom. The molecular weight excluding hydrogens is 238 g/mol. The van der Waals surface area contributed by atoms with Crippen LogP contribution in [0.5, 0.6) is 0 Å². The maximum absolute atomic E-state index is 6.00. The summed E-state index contributed by atoms with van der Waals surface area (Å²) in [5.41, 5.74) is 1.57. The van der Waals surface area contributed by atoms with Crippen LogP contribution in [-0.2, 0) is 9.47 Å². The van der Waals surface area contributed by atoms with Crippen LogP contribution >= 0.6 is 0 Å². The summed E-state index contributed by atoms with van der Waals surface area (Å²) in [7, 11) is 0. The smallest absolute Gasteiger partial charge is 0.0690 e. The summed E-state index contributed by atoms with van der Waals surface area (Å²) in [5.74, 6) is 0.763. The van der Waals surface area contributed by atoms with Gasteiger partial charge in [-0.05, 0) is 26.2 Å². The number of ether oxygens (including phenoxy) is 2. The van der Waals surface area contributed by atoms with Crippen molar-refractivity contribution in [2.75, 3.05) is 26.4 Å². The van der Waals surface area contributed by atoms with Crippen LogP contribution in [0.4, 0.5) is 0 Å². The highest BCUT2D eigenvalue weighted by molar-refractivity contribution is 5.16. The van der Waals surface area contributed by atoms with Gasteiger partial charge in [0.05, 0.1) is 19.3 Å². The Morgan fingerprint density at radius 2 is 2.21 bits per heavy atom. The molecule has 1 aliphatic heterocycles. The van der Waals surface area contributed by atoms with Crippen LogP contribution in [0.15, 0.2) is 12.2 Å². The first-order valence-corrected chi connectivity index (χ1v) is 7.81. The van der Waals surface area contributed by atoms with Crippen LogP contribution < -0.4 is 5.32 Å². The lowest BCUT2D eigenvalue weighted by Gasteiger charge is -2.57. The lowest BCUT2D eigenvalue weighted by Crippen LogP contribution is -2.67. The van der Waals surface area contributed by atoms with E-state index >= 15 is 0 Å². The molecule has 0 aromatic heterocycles. The highest BCUT2D eigenvalue weighted by Crippen LogP contribution is 2.60. The summed E-state index contributed by atoms with van der Waals surface area (Å²) < 4.78 is 11.6. The minimum Gasteiger partial charge on any atom is -0.377 e. The topological polar surface area (TPSA) is 30.5 Å². The molecule has 1 N–H and O–H groups in total. The molecule has 108 valence electrons. The third-order valence-corrected chi connectivity index (χ3v) is 5.25. The number of nitrogens with one attached hydrogen (secondary N) is 1. The predicted molar refractivity (Wildman–Crippen MR) is 76.2 cm³/mol. The molecule has 0 aromatic rings. The van der Waals surface area contributed by atoms with Crippen molar-refractivity contribution in [2.24, 2.45) is 11.3 Å². The normalized spacial score (nSPS) is 35.3. The first-order chi connectivity index (χ1) is 9.24. The van der Waals surface area contributed by atoms with Crippen LogP contribution in [0.25, 0.3) is 0 Å². The van der Waals surface area contributed by atoms with Gasteiger partial charge in [0, 0.05) is 30.5 Å². The van der Waals surface area contributed by atoms with Gasteiger partial charge in [0.1, 0.15) is 0 Å². The first-order valence-electron chi connectivity index (χ1n) is 7.81. The maximum atomic E-state index is 6.00. The Hall–Kier alpha value is -0.380. The van der Waals surface area contributed by atoms with Crippen LogP contribution in [-0.4, -0.2) is 38.5 Å². The average molecular weight is 265 g/mol. The van der Waals surface area contributed by atoms with Crippen molar-refractivity contribution >= 4 is 0 Å². The van der Waals surface area contributed by atoms with E-state index in [1.807, 2.05) is 6.92 Å². The van der Waals surface area contributed by atoms with Gasteiger partial charge in [-0.3, -0.25) is 0 Å². The van der Waals surface area contributed by atoms with E-state index in [0.717, 1.165) is 31.2 Å². The first kappa shape index (κ1) is 13.6. The predicted octanol–water partition coefficient (Wildman–Crippen LogP) is 2.52. The quantitative estimate of drug-likeness (QED) is 0.591. The molecule has 0 bridgehead atoms. The Balaban J connectivity index is 1.48. The van der Waals surface area contributed by atoms with Crippen LogP contribution in [0.1, 0.15) is 39.0 Å². The van der Waals surface area contributed by atoms with Gasteiger partial charge in [0.15, 0.2) is 0 Å². The lowest BCUT2D eigenvalue weighted by atomic mass is 9.54. The molecule has 19 heavy (non-hydrogen) atoms. The molecule has 3 aliphatic rings. The van der Waals surface area contributed by atoms with E-state index in [9.17, 15) is 0 Å². The van der Waals surface area contributed by atoms with Gasteiger partial charge in [-0.2, -0.15) is 0 Å². The van der Waals surface area contributed by atoms with Crippen molar-refractivity contribution < 1.29 is 9.47 Å². The highest BCUT2D eigenvalue weighted by atomic mass is 16.5. The molecule has 0 aromatic carbocycles. The molecule has 3 heteroatoms. The zero-order valence-electron chi connectivity index (χ0n) is 12.1. The van der Waals surface area contributed by atoms with Gasteiger partial charge in [-0.15, -0.1) is 0 Å². The van der Waals surface area contributed by atoms with Gasteiger partial charge in [-0.1, -0.05) is 25.0 Å². The molecule has 0 unspecified atom stereocenters. The van der Waals surface area contributed by atoms with Crippen molar-refractivity contribution in [2.45, 2.75) is 51.2 Å². The zero-order valence-corrected chi connectivity index (χ0v) is 12.1. The molecule has 3 fully saturated rings. The molecule has 3 rings (SSSR count). The van der Waals surface area contributed by atoms with Gasteiger partial charge in [-0.25, -0.2) is 0 Å². The van der Waals surface area contributed by atoms with E-state index in [1.165, 1.54) is 32.1 Å². The summed E-state index contributed by atoms with van der Waals surface area (Å²) in [6, 6.07) is 0.677. The second-order valence-corrected chi connectivity index (χ2v) is 6.63. The monoisotopic (exact) mass is 265 g/mol. The molecule has 0 amide bonds. The second kappa shape index (κ2) is 5.55. The summed E-state index contributed by atoms with van der Waals surface area (Å²) >= 11 is 0. The molecule has 1 spiro atoms. The molecule has 0 radical (unpaired) electrons. The molecule has 1 saturated heterocycles. The van der Waals surface area contributed by atoms with Crippen LogP contribution in [0.2, 0.25) is 0 Å². The Morgan fingerprint density at radius 1 is 1.42 bits per heavy atom. The van der Waals surface area contributed by atoms with Crippen molar-refractivity contribution in [3.8, 4) is 0 Å². The number of fused-ring (bicyclic) bond motifs is 2. The van der Waals surface area contributed by atoms with E-state index in [2.05, 4.69) is 11.9 Å². The second-order valence-electron chi connectivity index (χ2n) is 6.63. The summed E-state index contributed by atoms with van der Waals surface area (Å²) in [6.45, 7) is 9.27. The van der Waals surface area contributed by atoms with E-state index in [4.69, 9.17) is 9.47 Å². The van der Waals surface area contributed by atoms with Crippen molar-refractivity contribution in [1.29, 1.82) is 0 Å². The fourth-order valence-corrected chi connectivity index (χ4v) is 4.54. The lowest BCUT2D eigenvalue weighted by molar-refractivity contribution is -0.131. The third-order valence-electron chi connectivity index (χ3n) is 5.25. The van der Waals surface area contributed by atoms with Gasteiger partial charge in [0.25, 0.3) is 0 Å². The molecule has 3 atom stereocenters. The van der Waals surface area contributed by atoms with Gasteiger partial charge in [0.2, 0.25) is 0 Å². The fraction of sp³-hybridized carbons (Fsp3) is 0.875. The van der Waals surface area contributed by atoms with E-state index in [1.54, 1.807) is 0 Å². The van der Waals surface area contributed by atoms with Crippen molar-refractivity contribution in [3.05, 3.63) is 12.2 Å². The largest absolute Gasteiger partial charge is 0.377 e. The summed E-state index contributed by atoms with van der Waals surface area (Å²) in [5, 5.41) is 3.76. The average Bonchev–Trinajstić information content (AvgIpc) is 3.00. The molecular formula is C16H27NO2. The Kier molecular flexibility index (Phi) is 3.97. The Bertz CT molecular complexity index is 336. The molecule has 1 heterocycles. The van der Waals surface area contributed by atoms with Crippen LogP contribution in [0, 0.1) is 11.3 Å². The van der Waals surface area contributed by atoms with Crippen molar-refractivity contribution in [3.63, 3.8) is 0 Å². The summed E-state index contributed by atoms with van der Waals surface area (Å²) in [4.78, 5) is 0. The minimum absolute atomic E-state index is 0.468. The van der Waals surface area contributed by atoms with E-state index < -0.39 is 0 Å². The van der Waals surface area contributed by atoms with Crippen molar-refractivity contribution in [1.82, 2.24) is 5.32 Å². The Labute approximate surface area is 116 Å². The van der Waals surface area contributed by atoms with E-state index in [0.29, 0.717) is 24.2 Å². The third kappa shape index (κ3) is 2.37. The molecule has 2 aliphatic carbocycles. The number of hydrogen-bond acceptors (Lipinski definition) is 3. The number of hydrogen-bond donors (Lipinski definition) is 1. The number of rotatable bonds is 6. The zero-order chi connectivity index (χ0) is 13.3. The molecule has 3 nitrogen and oxygen atoms in total. The standard InChI is InChI=1S/C16H27NO2/c1-12(2)11-18-10-8-17-14-13-5-9-19-15(13)16(14)6-3-4-7-16/h13-15,17H,1,3-11H2,2H3/t13-,14-,15-/m1/s1. The van der Waals surface area contributed by atoms with Crippen LogP contribution in [0.3, 0.4) is 0 Å². The summed E-state index contributed by atoms with van der Waals surface area (Å²) in [6.07, 6.45) is 7.30. The maximum Gasteiger partial charge on any atom is 0.0690 e. The highest BCUT2D eigenvalue weighted by Gasteiger charge is 2.64. The minimum atomic E-state index is 0.468. The fourth-order valence-electron chi connectivity index (χ4n) is 4.54. The van der Waals surface area contributed by atoms with E-state index in [-0.39, 0.29) is 0 Å². The van der Waals surface area contributed by atoms with Gasteiger partial charge >= 0.3 is 0 Å².